The fourth-order valence-corrected chi connectivity index (χ4v) is 2.27. The Balaban J connectivity index is 1.79. The number of Topliss-reactive ketones (excluding diaryl/α,β-unsaturated/α-hetero) is 1. The van der Waals surface area contributed by atoms with Crippen LogP contribution in [0.25, 0.3) is 0 Å². The van der Waals surface area contributed by atoms with Crippen molar-refractivity contribution in [1.29, 1.82) is 0 Å². The summed E-state index contributed by atoms with van der Waals surface area (Å²) >= 11 is 0. The number of aromatic hydroxyl groups is 1. The fourth-order valence-electron chi connectivity index (χ4n) is 2.27. The molecule has 0 saturated carbocycles. The summed E-state index contributed by atoms with van der Waals surface area (Å²) in [6, 6.07) is 12.5. The van der Waals surface area contributed by atoms with Crippen molar-refractivity contribution in [2.24, 2.45) is 0 Å². The van der Waals surface area contributed by atoms with E-state index in [1.54, 1.807) is 6.07 Å². The van der Waals surface area contributed by atoms with Gasteiger partial charge < -0.3 is 15.2 Å². The van der Waals surface area contributed by atoms with E-state index >= 15 is 0 Å². The maximum atomic E-state index is 11.6. The lowest BCUT2D eigenvalue weighted by molar-refractivity contribution is 0.101. The topological polar surface area (TPSA) is 75.6 Å². The number of hydrogen-bond acceptors (Lipinski definition) is 4. The summed E-state index contributed by atoms with van der Waals surface area (Å²) in [7, 11) is 0. The number of phenolic OH excluding ortho intramolecular Hbond substituents is 1. The molecule has 134 valence electrons. The maximum Gasteiger partial charge on any atom is 0.407 e. The minimum Gasteiger partial charge on any atom is -0.507 e. The van der Waals surface area contributed by atoms with Crippen molar-refractivity contribution >= 4 is 11.9 Å². The van der Waals surface area contributed by atoms with Crippen LogP contribution in [0.1, 0.15) is 40.4 Å². The number of carbonyl (C=O) groups is 2. The molecule has 5 nitrogen and oxygen atoms in total. The third-order valence-electron chi connectivity index (χ3n) is 3.68. The van der Waals surface area contributed by atoms with Crippen molar-refractivity contribution in [2.45, 2.75) is 26.9 Å². The summed E-state index contributed by atoms with van der Waals surface area (Å²) in [5.41, 5.74) is 2.68. The quantitative estimate of drug-likeness (QED) is 0.490. The Labute approximate surface area is 153 Å². The van der Waals surface area contributed by atoms with Crippen molar-refractivity contribution in [2.75, 3.05) is 6.54 Å². The van der Waals surface area contributed by atoms with E-state index in [2.05, 4.69) is 17.2 Å². The number of amides is 1. The van der Waals surface area contributed by atoms with Gasteiger partial charge in [-0.15, -0.1) is 0 Å². The molecule has 0 unspecified atom stereocenters. The van der Waals surface area contributed by atoms with Crippen LogP contribution in [0, 0.1) is 18.8 Å². The van der Waals surface area contributed by atoms with Crippen molar-refractivity contribution in [1.82, 2.24) is 5.32 Å². The summed E-state index contributed by atoms with van der Waals surface area (Å²) in [5, 5.41) is 12.5. The largest absolute Gasteiger partial charge is 0.507 e. The Morgan fingerprint density at radius 3 is 2.62 bits per heavy atom. The van der Waals surface area contributed by atoms with Gasteiger partial charge in [-0.3, -0.25) is 4.79 Å². The summed E-state index contributed by atoms with van der Waals surface area (Å²) in [6.45, 7) is 3.81. The van der Waals surface area contributed by atoms with Gasteiger partial charge in [-0.1, -0.05) is 42.2 Å². The molecule has 0 heterocycles. The van der Waals surface area contributed by atoms with Gasteiger partial charge in [-0.2, -0.15) is 0 Å². The van der Waals surface area contributed by atoms with Crippen LogP contribution in [-0.4, -0.2) is 23.5 Å². The lowest BCUT2D eigenvalue weighted by Crippen LogP contribution is -2.24. The van der Waals surface area contributed by atoms with E-state index < -0.39 is 6.09 Å². The predicted octanol–water partition coefficient (Wildman–Crippen LogP) is 3.57. The van der Waals surface area contributed by atoms with E-state index in [1.807, 2.05) is 37.3 Å². The first-order valence-corrected chi connectivity index (χ1v) is 8.25. The van der Waals surface area contributed by atoms with Crippen LogP contribution in [0.15, 0.2) is 42.5 Å². The molecule has 0 bridgehead atoms. The summed E-state index contributed by atoms with van der Waals surface area (Å²) in [6.07, 6.45) is -0.0509. The summed E-state index contributed by atoms with van der Waals surface area (Å²) in [5.74, 6) is 5.60. The fraction of sp³-hybridized carbons (Fsp3) is 0.238. The average molecular weight is 351 g/mol. The van der Waals surface area contributed by atoms with Crippen LogP contribution in [0.4, 0.5) is 4.79 Å². The number of ether oxygens (including phenoxy) is 1. The molecule has 0 radical (unpaired) electrons. The lowest BCUT2D eigenvalue weighted by atomic mass is 10.0. The molecule has 0 aliphatic carbocycles. The normalized spacial score (nSPS) is 9.77. The number of carbonyl (C=O) groups excluding carboxylic acids is 2. The second kappa shape index (κ2) is 9.28. The number of hydrogen-bond donors (Lipinski definition) is 2. The monoisotopic (exact) mass is 351 g/mol. The van der Waals surface area contributed by atoms with E-state index in [-0.39, 0.29) is 23.7 Å². The molecule has 2 N–H and O–H groups in total. The van der Waals surface area contributed by atoms with Gasteiger partial charge in [0.05, 0.1) is 5.56 Å². The molecule has 26 heavy (non-hydrogen) atoms. The Hall–Kier alpha value is -3.26. The van der Waals surface area contributed by atoms with Gasteiger partial charge in [0.1, 0.15) is 12.4 Å². The number of phenols is 1. The lowest BCUT2D eigenvalue weighted by Gasteiger charge is -2.06. The van der Waals surface area contributed by atoms with Crippen molar-refractivity contribution < 1.29 is 19.4 Å². The third-order valence-corrected chi connectivity index (χ3v) is 3.68. The van der Waals surface area contributed by atoms with Gasteiger partial charge in [0, 0.05) is 18.5 Å². The molecule has 5 heteroatoms. The molecule has 2 aromatic carbocycles. The minimum absolute atomic E-state index is 0.0741. The van der Waals surface area contributed by atoms with E-state index in [9.17, 15) is 14.7 Å². The summed E-state index contributed by atoms with van der Waals surface area (Å²) in [4.78, 5) is 23.0. The van der Waals surface area contributed by atoms with E-state index in [4.69, 9.17) is 4.74 Å². The third kappa shape index (κ3) is 5.67. The number of nitrogens with one attached hydrogen (secondary N) is 1. The molecule has 0 fully saturated rings. The van der Waals surface area contributed by atoms with E-state index in [0.717, 1.165) is 11.1 Å². The highest BCUT2D eigenvalue weighted by molar-refractivity contribution is 5.97. The molecule has 0 aliphatic heterocycles. The number of ketones is 1. The standard InChI is InChI=1S/C21H21NO4/c1-15-12-19(16(2)23)20(24)13-18(15)10-6-7-11-22-21(25)26-14-17-8-4-3-5-9-17/h3-5,8-9,12-13,24H,7,11,14H2,1-2H3,(H,22,25). The molecule has 0 aromatic heterocycles. The van der Waals surface area contributed by atoms with Crippen LogP contribution < -0.4 is 5.32 Å². The molecular weight excluding hydrogens is 330 g/mol. The average Bonchev–Trinajstić information content (AvgIpc) is 2.62. The summed E-state index contributed by atoms with van der Waals surface area (Å²) < 4.78 is 5.10. The maximum absolute atomic E-state index is 11.6. The zero-order valence-corrected chi connectivity index (χ0v) is 14.8. The Morgan fingerprint density at radius 1 is 1.19 bits per heavy atom. The van der Waals surface area contributed by atoms with Crippen LogP contribution in [0.2, 0.25) is 0 Å². The molecule has 0 spiro atoms. The van der Waals surface area contributed by atoms with Gasteiger partial charge in [0.25, 0.3) is 0 Å². The number of benzene rings is 2. The minimum atomic E-state index is -0.490. The van der Waals surface area contributed by atoms with Gasteiger partial charge >= 0.3 is 6.09 Å². The highest BCUT2D eigenvalue weighted by atomic mass is 16.5. The molecule has 2 aromatic rings. The second-order valence-corrected chi connectivity index (χ2v) is 5.78. The Morgan fingerprint density at radius 2 is 1.92 bits per heavy atom. The Kier molecular flexibility index (Phi) is 6.81. The van der Waals surface area contributed by atoms with Gasteiger partial charge in [-0.25, -0.2) is 4.79 Å². The molecule has 0 saturated heterocycles. The van der Waals surface area contributed by atoms with Gasteiger partial charge in [0.2, 0.25) is 0 Å². The zero-order valence-electron chi connectivity index (χ0n) is 14.8. The zero-order chi connectivity index (χ0) is 18.9. The van der Waals surface area contributed by atoms with Crippen molar-refractivity contribution in [3.05, 3.63) is 64.7 Å². The first-order chi connectivity index (χ1) is 12.5. The predicted molar refractivity (Wildman–Crippen MR) is 99.0 cm³/mol. The SMILES string of the molecule is CC(=O)c1cc(C)c(C#CCCNC(=O)OCc2ccccc2)cc1O. The van der Waals surface area contributed by atoms with Crippen LogP contribution in [0.5, 0.6) is 5.75 Å². The highest BCUT2D eigenvalue weighted by Crippen LogP contribution is 2.22. The first-order valence-electron chi connectivity index (χ1n) is 8.25. The molecule has 0 aliphatic rings. The van der Waals surface area contributed by atoms with Crippen LogP contribution in [0.3, 0.4) is 0 Å². The smallest absolute Gasteiger partial charge is 0.407 e. The van der Waals surface area contributed by atoms with Crippen LogP contribution >= 0.6 is 0 Å². The molecule has 0 atom stereocenters. The van der Waals surface area contributed by atoms with E-state index in [1.165, 1.54) is 13.0 Å². The Bertz CT molecular complexity index is 848. The molecule has 2 rings (SSSR count). The van der Waals surface area contributed by atoms with Crippen LogP contribution in [-0.2, 0) is 11.3 Å². The van der Waals surface area contributed by atoms with Gasteiger partial charge in [0.15, 0.2) is 5.78 Å². The van der Waals surface area contributed by atoms with E-state index in [0.29, 0.717) is 18.5 Å². The molecule has 1 amide bonds. The number of rotatable bonds is 5. The first kappa shape index (κ1) is 19.1. The number of alkyl carbamates (subject to hydrolysis) is 1. The second-order valence-electron chi connectivity index (χ2n) is 5.78. The number of aryl methyl sites for hydroxylation is 1. The molecular formula is C21H21NO4. The van der Waals surface area contributed by atoms with Crippen molar-refractivity contribution in [3.63, 3.8) is 0 Å². The highest BCUT2D eigenvalue weighted by Gasteiger charge is 2.09. The van der Waals surface area contributed by atoms with Crippen molar-refractivity contribution in [3.8, 4) is 17.6 Å². The van der Waals surface area contributed by atoms with Gasteiger partial charge in [-0.05, 0) is 37.1 Å².